The molecular weight excluding hydrogens is 331 g/mol. The summed E-state index contributed by atoms with van der Waals surface area (Å²) < 4.78 is 10.2. The van der Waals surface area contributed by atoms with E-state index in [2.05, 4.69) is 20.8 Å². The summed E-state index contributed by atoms with van der Waals surface area (Å²) in [6, 6.07) is 0. The van der Waals surface area contributed by atoms with Crippen LogP contribution in [0.4, 0.5) is 0 Å². The van der Waals surface area contributed by atoms with Gasteiger partial charge in [0.05, 0.1) is 0 Å². The van der Waals surface area contributed by atoms with Crippen molar-refractivity contribution in [3.63, 3.8) is 0 Å². The maximum absolute atomic E-state index is 9.92. The third-order valence-electron chi connectivity index (χ3n) is 3.69. The second-order valence-electron chi connectivity index (χ2n) is 5.47. The van der Waals surface area contributed by atoms with Crippen LogP contribution in [0.2, 0.25) is 13.3 Å². The van der Waals surface area contributed by atoms with Crippen LogP contribution in [0, 0.1) is 0 Å². The predicted octanol–water partition coefficient (Wildman–Crippen LogP) is 5.08. The van der Waals surface area contributed by atoms with Crippen molar-refractivity contribution >= 4 is 18.8 Å². The van der Waals surface area contributed by atoms with Gasteiger partial charge < -0.3 is 0 Å². The average molecular weight is 365 g/mol. The number of aliphatic hydroxyl groups excluding tert-OH is 1. The van der Waals surface area contributed by atoms with Crippen molar-refractivity contribution in [1.82, 2.24) is 0 Å². The van der Waals surface area contributed by atoms with Crippen LogP contribution >= 0.6 is 0 Å². The molecule has 1 unspecified atom stereocenters. The van der Waals surface area contributed by atoms with Gasteiger partial charge in [0.2, 0.25) is 0 Å². The van der Waals surface area contributed by atoms with Gasteiger partial charge in [-0.05, 0) is 0 Å². The van der Waals surface area contributed by atoms with Crippen molar-refractivity contribution in [2.45, 2.75) is 92.2 Å². The van der Waals surface area contributed by atoms with Gasteiger partial charge in [-0.25, -0.2) is 0 Å². The number of rotatable bonds is 12. The molecule has 2 nitrogen and oxygen atoms in total. The van der Waals surface area contributed by atoms with Crippen molar-refractivity contribution in [1.29, 1.82) is 0 Å². The normalized spacial score (nSPS) is 13.8. The van der Waals surface area contributed by atoms with Gasteiger partial charge >= 0.3 is 119 Å². The van der Waals surface area contributed by atoms with E-state index in [1.165, 1.54) is 51.8 Å². The first kappa shape index (κ1) is 18.7. The van der Waals surface area contributed by atoms with Gasteiger partial charge in [-0.2, -0.15) is 0 Å². The molecule has 0 rings (SSSR count). The standard InChI is InChI=1S/3C4H9.C3H7O2.Sn/c3*1-3-4-2;1-2-3(4)5;/h3*1,3-4H2,2H3;3-4H,2H2,1H3;/q;;;-1;+1. The summed E-state index contributed by atoms with van der Waals surface area (Å²) in [7, 11) is 0. The second-order valence-corrected chi connectivity index (χ2v) is 17.2. The van der Waals surface area contributed by atoms with Crippen LogP contribution in [-0.2, 0) is 3.07 Å². The first-order chi connectivity index (χ1) is 8.64. The van der Waals surface area contributed by atoms with Gasteiger partial charge in [-0.15, -0.1) is 0 Å². The van der Waals surface area contributed by atoms with Crippen LogP contribution in [0.15, 0.2) is 0 Å². The van der Waals surface area contributed by atoms with Crippen molar-refractivity contribution in [2.24, 2.45) is 0 Å². The number of unbranched alkanes of at least 4 members (excludes halogenated alkanes) is 3. The minimum atomic E-state index is -2.52. The molecule has 0 aliphatic rings. The summed E-state index contributed by atoms with van der Waals surface area (Å²) in [5.41, 5.74) is 0. The Labute approximate surface area is 119 Å². The van der Waals surface area contributed by atoms with E-state index in [0.717, 1.165) is 6.42 Å². The van der Waals surface area contributed by atoms with Crippen LogP contribution in [-0.4, -0.2) is 30.2 Å². The second kappa shape index (κ2) is 11.5. The van der Waals surface area contributed by atoms with Gasteiger partial charge in [-0.1, -0.05) is 0 Å². The molecule has 18 heavy (non-hydrogen) atoms. The molecule has 0 aliphatic heterocycles. The fraction of sp³-hybridized carbons (Fsp3) is 1.00. The molecule has 0 amide bonds. The molecule has 0 saturated heterocycles. The van der Waals surface area contributed by atoms with E-state index < -0.39 is 25.1 Å². The van der Waals surface area contributed by atoms with E-state index in [1.54, 1.807) is 0 Å². The number of hydrogen-bond donors (Lipinski definition) is 1. The zero-order valence-corrected chi connectivity index (χ0v) is 15.9. The van der Waals surface area contributed by atoms with Gasteiger partial charge in [0.25, 0.3) is 0 Å². The Morgan fingerprint density at radius 3 is 1.50 bits per heavy atom. The zero-order valence-electron chi connectivity index (χ0n) is 13.0. The molecule has 0 aromatic rings. The van der Waals surface area contributed by atoms with E-state index in [0.29, 0.717) is 0 Å². The molecule has 1 N–H and O–H groups in total. The van der Waals surface area contributed by atoms with E-state index in [1.807, 2.05) is 6.92 Å². The Morgan fingerprint density at radius 1 is 0.833 bits per heavy atom. The fourth-order valence-corrected chi connectivity index (χ4v) is 16.2. The predicted molar refractivity (Wildman–Crippen MR) is 82.3 cm³/mol. The van der Waals surface area contributed by atoms with Crippen LogP contribution < -0.4 is 0 Å². The molecule has 0 saturated carbocycles. The van der Waals surface area contributed by atoms with E-state index in [9.17, 15) is 5.11 Å². The van der Waals surface area contributed by atoms with Crippen LogP contribution in [0.5, 0.6) is 0 Å². The van der Waals surface area contributed by atoms with Crippen molar-refractivity contribution in [3.05, 3.63) is 0 Å². The van der Waals surface area contributed by atoms with Crippen LogP contribution in [0.25, 0.3) is 0 Å². The summed E-state index contributed by atoms with van der Waals surface area (Å²) in [6.45, 7) is 8.78. The van der Waals surface area contributed by atoms with Crippen LogP contribution in [0.1, 0.15) is 72.6 Å². The van der Waals surface area contributed by atoms with Crippen molar-refractivity contribution in [3.8, 4) is 0 Å². The maximum atomic E-state index is 9.92. The molecule has 0 aliphatic carbocycles. The zero-order chi connectivity index (χ0) is 13.9. The Morgan fingerprint density at radius 2 is 1.22 bits per heavy atom. The Bertz CT molecular complexity index is 164. The topological polar surface area (TPSA) is 29.5 Å². The first-order valence-electron chi connectivity index (χ1n) is 8.00. The Kier molecular flexibility index (Phi) is 12.0. The van der Waals surface area contributed by atoms with E-state index >= 15 is 0 Å². The summed E-state index contributed by atoms with van der Waals surface area (Å²) >= 11 is -2.52. The Hall–Kier alpha value is 0.719. The molecule has 0 fully saturated rings. The Balaban J connectivity index is 4.61. The van der Waals surface area contributed by atoms with Gasteiger partial charge in [0, 0.05) is 0 Å². The molecule has 3 heteroatoms. The van der Waals surface area contributed by atoms with Gasteiger partial charge in [0.15, 0.2) is 0 Å². The quantitative estimate of drug-likeness (QED) is 0.386. The SMILES string of the molecule is CCC[CH2][Sn]([CH2]CCC)([CH2]CCC)[O]C(O)CC. The third kappa shape index (κ3) is 8.00. The molecule has 110 valence electrons. The van der Waals surface area contributed by atoms with E-state index in [-0.39, 0.29) is 0 Å². The summed E-state index contributed by atoms with van der Waals surface area (Å²) in [4.78, 5) is 0. The van der Waals surface area contributed by atoms with Gasteiger partial charge in [0.1, 0.15) is 0 Å². The summed E-state index contributed by atoms with van der Waals surface area (Å²) in [5, 5.41) is 9.92. The molecule has 1 atom stereocenters. The van der Waals surface area contributed by atoms with Crippen molar-refractivity contribution in [2.75, 3.05) is 0 Å². The number of aliphatic hydroxyl groups is 1. The third-order valence-corrected chi connectivity index (χ3v) is 16.7. The minimum absolute atomic E-state index is 0.494. The monoisotopic (exact) mass is 366 g/mol. The summed E-state index contributed by atoms with van der Waals surface area (Å²) in [6.07, 6.45) is 7.88. The van der Waals surface area contributed by atoms with E-state index in [4.69, 9.17) is 3.07 Å². The molecular formula is C15H34O2Sn. The molecule has 0 heterocycles. The number of hydrogen-bond acceptors (Lipinski definition) is 2. The first-order valence-corrected chi connectivity index (χ1v) is 15.2. The van der Waals surface area contributed by atoms with Gasteiger partial charge in [-0.3, -0.25) is 0 Å². The average Bonchev–Trinajstić information content (AvgIpc) is 2.40. The molecule has 0 spiro atoms. The molecule has 0 aromatic heterocycles. The molecule has 0 bridgehead atoms. The molecule has 0 radical (unpaired) electrons. The van der Waals surface area contributed by atoms with Crippen LogP contribution in [0.3, 0.4) is 0 Å². The van der Waals surface area contributed by atoms with Crippen molar-refractivity contribution < 1.29 is 8.18 Å². The summed E-state index contributed by atoms with van der Waals surface area (Å²) in [5.74, 6) is 0. The molecule has 0 aromatic carbocycles. The fourth-order valence-electron chi connectivity index (χ4n) is 2.42.